The van der Waals surface area contributed by atoms with Crippen molar-refractivity contribution in [1.82, 2.24) is 0 Å². The zero-order chi connectivity index (χ0) is 15.3. The Labute approximate surface area is 128 Å². The summed E-state index contributed by atoms with van der Waals surface area (Å²) in [6.07, 6.45) is 8.32. The van der Waals surface area contributed by atoms with Gasteiger partial charge in [0, 0.05) is 0 Å². The third-order valence-corrected chi connectivity index (χ3v) is 5.14. The molecule has 1 N–H and O–H groups in total. The number of hydrogen-bond acceptors (Lipinski definition) is 1. The molecule has 2 rings (SSSR count). The van der Waals surface area contributed by atoms with E-state index in [4.69, 9.17) is 0 Å². The largest absolute Gasteiger partial charge is 0.481 e. The van der Waals surface area contributed by atoms with E-state index in [-0.39, 0.29) is 0 Å². The van der Waals surface area contributed by atoms with Gasteiger partial charge >= 0.3 is 5.97 Å². The molecule has 1 fully saturated rings. The summed E-state index contributed by atoms with van der Waals surface area (Å²) in [5.74, 6) is 0.146. The van der Waals surface area contributed by atoms with Gasteiger partial charge in [-0.05, 0) is 50.5 Å². The quantitative estimate of drug-likeness (QED) is 0.800. The number of rotatable bonds is 6. The van der Waals surface area contributed by atoms with E-state index in [1.54, 1.807) is 0 Å². The fraction of sp³-hybridized carbons (Fsp3) is 0.632. The lowest BCUT2D eigenvalue weighted by Gasteiger charge is -2.37. The van der Waals surface area contributed by atoms with Gasteiger partial charge in [0.2, 0.25) is 0 Å². The molecule has 0 radical (unpaired) electrons. The number of carboxylic acids is 1. The van der Waals surface area contributed by atoms with E-state index in [1.807, 2.05) is 0 Å². The van der Waals surface area contributed by atoms with Crippen LogP contribution in [0.15, 0.2) is 24.3 Å². The maximum atomic E-state index is 11.9. The first-order valence-corrected chi connectivity index (χ1v) is 8.35. The first-order chi connectivity index (χ1) is 10.1. The second-order valence-electron chi connectivity index (χ2n) is 6.83. The van der Waals surface area contributed by atoms with Crippen LogP contribution in [0.2, 0.25) is 0 Å². The van der Waals surface area contributed by atoms with Crippen LogP contribution in [-0.2, 0) is 11.2 Å². The highest BCUT2D eigenvalue weighted by Crippen LogP contribution is 2.43. The van der Waals surface area contributed by atoms with Gasteiger partial charge in [0.05, 0.1) is 5.41 Å². The van der Waals surface area contributed by atoms with Crippen molar-refractivity contribution >= 4 is 5.97 Å². The molecule has 0 spiro atoms. The van der Waals surface area contributed by atoms with Gasteiger partial charge in [-0.15, -0.1) is 0 Å². The molecule has 1 aromatic carbocycles. The van der Waals surface area contributed by atoms with Gasteiger partial charge in [0.25, 0.3) is 0 Å². The minimum Gasteiger partial charge on any atom is -0.481 e. The zero-order valence-electron chi connectivity index (χ0n) is 13.4. The number of benzene rings is 1. The zero-order valence-corrected chi connectivity index (χ0v) is 13.4. The minimum atomic E-state index is -0.600. The number of aryl methyl sites for hydroxylation is 1. The maximum absolute atomic E-state index is 11.9. The Balaban J connectivity index is 2.02. The lowest BCUT2D eigenvalue weighted by atomic mass is 9.66. The van der Waals surface area contributed by atoms with Crippen molar-refractivity contribution in [2.24, 2.45) is 11.3 Å². The molecule has 1 saturated carbocycles. The van der Waals surface area contributed by atoms with Crippen LogP contribution < -0.4 is 0 Å². The number of aliphatic carboxylic acids is 1. The molecule has 1 aromatic rings. The summed E-state index contributed by atoms with van der Waals surface area (Å²) in [5.41, 5.74) is 1.86. The van der Waals surface area contributed by atoms with Gasteiger partial charge < -0.3 is 5.11 Å². The fourth-order valence-corrected chi connectivity index (χ4v) is 3.57. The summed E-state index contributed by atoms with van der Waals surface area (Å²) >= 11 is 0. The summed E-state index contributed by atoms with van der Waals surface area (Å²) in [7, 11) is 0. The lowest BCUT2D eigenvalue weighted by molar-refractivity contribution is -0.151. The average Bonchev–Trinajstić information content (AvgIpc) is 2.49. The molecule has 0 heterocycles. The van der Waals surface area contributed by atoms with E-state index < -0.39 is 11.4 Å². The Morgan fingerprint density at radius 2 is 1.86 bits per heavy atom. The fourth-order valence-electron chi connectivity index (χ4n) is 3.57. The molecule has 1 aliphatic rings. The summed E-state index contributed by atoms with van der Waals surface area (Å²) in [6.45, 7) is 4.29. The molecule has 2 nitrogen and oxygen atoms in total. The molecule has 21 heavy (non-hydrogen) atoms. The summed E-state index contributed by atoms with van der Waals surface area (Å²) in [6, 6.07) is 8.34. The Morgan fingerprint density at radius 1 is 1.24 bits per heavy atom. The van der Waals surface area contributed by atoms with E-state index >= 15 is 0 Å². The van der Waals surface area contributed by atoms with Gasteiger partial charge in [-0.25, -0.2) is 0 Å². The standard InChI is InChI=1S/C19H28O2/c1-3-4-5-16-10-12-19(13-11-16,18(20)21)14-17-8-6-15(2)7-9-17/h6-9,16H,3-5,10-14H2,1-2H3,(H,20,21). The highest BCUT2D eigenvalue weighted by molar-refractivity contribution is 5.75. The Bertz CT molecular complexity index is 453. The van der Waals surface area contributed by atoms with E-state index in [9.17, 15) is 9.90 Å². The third-order valence-electron chi connectivity index (χ3n) is 5.14. The predicted molar refractivity (Wildman–Crippen MR) is 86.4 cm³/mol. The van der Waals surface area contributed by atoms with Crippen LogP contribution in [0.4, 0.5) is 0 Å². The summed E-state index contributed by atoms with van der Waals surface area (Å²) in [4.78, 5) is 11.9. The number of carboxylic acid groups (broad SMARTS) is 1. The van der Waals surface area contributed by atoms with E-state index in [0.717, 1.165) is 37.2 Å². The van der Waals surface area contributed by atoms with E-state index in [2.05, 4.69) is 38.1 Å². The number of unbranched alkanes of at least 4 members (excludes halogenated alkanes) is 1. The average molecular weight is 288 g/mol. The monoisotopic (exact) mass is 288 g/mol. The molecule has 0 amide bonds. The molecule has 2 heteroatoms. The molecule has 0 bridgehead atoms. The molecule has 0 aliphatic heterocycles. The van der Waals surface area contributed by atoms with Gasteiger partial charge in [0.1, 0.15) is 0 Å². The smallest absolute Gasteiger partial charge is 0.309 e. The van der Waals surface area contributed by atoms with Gasteiger partial charge in [0.15, 0.2) is 0 Å². The Hall–Kier alpha value is -1.31. The minimum absolute atomic E-state index is 0.530. The van der Waals surface area contributed by atoms with E-state index in [0.29, 0.717) is 6.42 Å². The van der Waals surface area contributed by atoms with Crippen molar-refractivity contribution in [2.75, 3.05) is 0 Å². The Morgan fingerprint density at radius 3 is 2.38 bits per heavy atom. The van der Waals surface area contributed by atoms with Crippen molar-refractivity contribution in [3.63, 3.8) is 0 Å². The van der Waals surface area contributed by atoms with Crippen molar-refractivity contribution in [3.05, 3.63) is 35.4 Å². The molecule has 0 saturated heterocycles. The first kappa shape index (κ1) is 16.1. The number of hydrogen-bond donors (Lipinski definition) is 1. The topological polar surface area (TPSA) is 37.3 Å². The second kappa shape index (κ2) is 7.11. The molecule has 116 valence electrons. The predicted octanol–water partition coefficient (Wildman–Crippen LogP) is 4.99. The van der Waals surface area contributed by atoms with Gasteiger partial charge in [-0.2, -0.15) is 0 Å². The third kappa shape index (κ3) is 4.09. The van der Waals surface area contributed by atoms with Crippen LogP contribution >= 0.6 is 0 Å². The highest BCUT2D eigenvalue weighted by Gasteiger charge is 2.41. The van der Waals surface area contributed by atoms with Crippen LogP contribution in [0.1, 0.15) is 63.0 Å². The summed E-state index contributed by atoms with van der Waals surface area (Å²) < 4.78 is 0. The first-order valence-electron chi connectivity index (χ1n) is 8.35. The SMILES string of the molecule is CCCCC1CCC(Cc2ccc(C)cc2)(C(=O)O)CC1. The molecular formula is C19H28O2. The maximum Gasteiger partial charge on any atom is 0.309 e. The molecule has 1 aliphatic carbocycles. The van der Waals surface area contributed by atoms with Crippen molar-refractivity contribution in [2.45, 2.75) is 65.2 Å². The van der Waals surface area contributed by atoms with Crippen molar-refractivity contribution in [3.8, 4) is 0 Å². The van der Waals surface area contributed by atoms with Crippen molar-refractivity contribution in [1.29, 1.82) is 0 Å². The lowest BCUT2D eigenvalue weighted by Crippen LogP contribution is -2.37. The van der Waals surface area contributed by atoms with Gasteiger partial charge in [-0.3, -0.25) is 4.79 Å². The van der Waals surface area contributed by atoms with Crippen LogP contribution in [0.25, 0.3) is 0 Å². The number of carbonyl (C=O) groups is 1. The van der Waals surface area contributed by atoms with Gasteiger partial charge in [-0.1, -0.05) is 56.0 Å². The highest BCUT2D eigenvalue weighted by atomic mass is 16.4. The van der Waals surface area contributed by atoms with Crippen LogP contribution in [0.5, 0.6) is 0 Å². The molecule has 0 atom stereocenters. The van der Waals surface area contributed by atoms with Crippen LogP contribution in [-0.4, -0.2) is 11.1 Å². The second-order valence-corrected chi connectivity index (χ2v) is 6.83. The van der Waals surface area contributed by atoms with Crippen molar-refractivity contribution < 1.29 is 9.90 Å². The molecular weight excluding hydrogens is 260 g/mol. The normalized spacial score (nSPS) is 25.7. The summed E-state index contributed by atoms with van der Waals surface area (Å²) in [5, 5.41) is 9.77. The molecule has 0 unspecified atom stereocenters. The van der Waals surface area contributed by atoms with Crippen LogP contribution in [0, 0.1) is 18.3 Å². The van der Waals surface area contributed by atoms with Crippen LogP contribution in [0.3, 0.4) is 0 Å². The Kier molecular flexibility index (Phi) is 5.44. The van der Waals surface area contributed by atoms with E-state index in [1.165, 1.54) is 24.8 Å². The molecule has 0 aromatic heterocycles.